The zero-order valence-electron chi connectivity index (χ0n) is 17.0. The summed E-state index contributed by atoms with van der Waals surface area (Å²) >= 11 is 0. The van der Waals surface area contributed by atoms with Crippen molar-refractivity contribution in [2.75, 3.05) is 11.9 Å². The lowest BCUT2D eigenvalue weighted by molar-refractivity contribution is -0.0443. The third-order valence-corrected chi connectivity index (χ3v) is 6.51. The van der Waals surface area contributed by atoms with Gasteiger partial charge in [-0.05, 0) is 43.6 Å². The van der Waals surface area contributed by atoms with E-state index in [0.29, 0.717) is 31.3 Å². The number of anilines is 1. The molecular weight excluding hydrogens is 400 g/mol. The number of nitrogens with zero attached hydrogens (tertiary/aromatic N) is 5. The molecule has 6 rings (SSSR count). The number of aromatic amines is 1. The van der Waals surface area contributed by atoms with Crippen LogP contribution in [0.3, 0.4) is 0 Å². The Kier molecular flexibility index (Phi) is 4.19. The number of aromatic nitrogens is 6. The van der Waals surface area contributed by atoms with Gasteiger partial charge in [-0.3, -0.25) is 0 Å². The summed E-state index contributed by atoms with van der Waals surface area (Å²) in [4.78, 5) is 17.1. The number of nitrogens with one attached hydrogen (secondary N) is 2. The lowest BCUT2D eigenvalue weighted by Gasteiger charge is -2.28. The van der Waals surface area contributed by atoms with Gasteiger partial charge in [-0.15, -0.1) is 0 Å². The minimum Gasteiger partial charge on any atom is -0.354 e. The van der Waals surface area contributed by atoms with Crippen molar-refractivity contribution in [2.24, 2.45) is 5.92 Å². The molecule has 4 aromatic rings. The predicted molar refractivity (Wildman–Crippen MR) is 113 cm³/mol. The van der Waals surface area contributed by atoms with E-state index in [0.717, 1.165) is 27.9 Å². The van der Waals surface area contributed by atoms with Gasteiger partial charge in [-0.2, -0.15) is 10.1 Å². The summed E-state index contributed by atoms with van der Waals surface area (Å²) in [6, 6.07) is 1.95. The molecular formula is C22H23F2N7. The zero-order chi connectivity index (χ0) is 21.0. The van der Waals surface area contributed by atoms with Crippen molar-refractivity contribution in [1.29, 1.82) is 0 Å². The minimum absolute atomic E-state index is 0.0315. The van der Waals surface area contributed by atoms with Crippen LogP contribution in [0.2, 0.25) is 0 Å². The summed E-state index contributed by atoms with van der Waals surface area (Å²) in [6.07, 6.45) is 10.9. The number of hydrogen-bond donors (Lipinski definition) is 2. The van der Waals surface area contributed by atoms with Crippen LogP contribution in [0.4, 0.5) is 14.7 Å². The maximum atomic E-state index is 13.3. The summed E-state index contributed by atoms with van der Waals surface area (Å²) in [5, 5.41) is 8.53. The van der Waals surface area contributed by atoms with Crippen molar-refractivity contribution in [2.45, 2.75) is 50.4 Å². The molecule has 7 nitrogen and oxygen atoms in total. The first-order chi connectivity index (χ1) is 15.1. The Bertz CT molecular complexity index is 1250. The van der Waals surface area contributed by atoms with Gasteiger partial charge in [0.15, 0.2) is 5.65 Å². The van der Waals surface area contributed by atoms with E-state index in [1.165, 1.54) is 18.4 Å². The van der Waals surface area contributed by atoms with Crippen molar-refractivity contribution in [3.05, 3.63) is 36.4 Å². The van der Waals surface area contributed by atoms with E-state index in [2.05, 4.69) is 25.4 Å². The highest BCUT2D eigenvalue weighted by Crippen LogP contribution is 2.42. The largest absolute Gasteiger partial charge is 0.354 e. The SMILES string of the molecule is FC1(F)CCC(CNc2ncc3c(-c4ccn5ncc(C6CC6)c5n4)c[nH]c3n2)CC1. The molecule has 0 radical (unpaired) electrons. The Morgan fingerprint density at radius 2 is 1.97 bits per heavy atom. The van der Waals surface area contributed by atoms with E-state index >= 15 is 0 Å². The van der Waals surface area contributed by atoms with Gasteiger partial charge >= 0.3 is 0 Å². The third kappa shape index (κ3) is 3.51. The minimum atomic E-state index is -2.50. The Balaban J connectivity index is 1.22. The second-order valence-electron chi connectivity index (χ2n) is 8.79. The molecule has 0 spiro atoms. The summed E-state index contributed by atoms with van der Waals surface area (Å²) in [7, 11) is 0. The first-order valence-electron chi connectivity index (χ1n) is 10.9. The van der Waals surface area contributed by atoms with Gasteiger partial charge < -0.3 is 10.3 Å². The first kappa shape index (κ1) is 18.7. The van der Waals surface area contributed by atoms with Crippen molar-refractivity contribution in [3.8, 4) is 11.3 Å². The van der Waals surface area contributed by atoms with Crippen LogP contribution in [-0.4, -0.2) is 42.0 Å². The molecule has 4 aromatic heterocycles. The summed E-state index contributed by atoms with van der Waals surface area (Å²) in [6.45, 7) is 0.610. The van der Waals surface area contributed by atoms with Gasteiger partial charge in [0.2, 0.25) is 11.9 Å². The fraction of sp³-hybridized carbons (Fsp3) is 0.455. The van der Waals surface area contributed by atoms with Crippen molar-refractivity contribution in [3.63, 3.8) is 0 Å². The van der Waals surface area contributed by atoms with E-state index < -0.39 is 5.92 Å². The van der Waals surface area contributed by atoms with Crippen LogP contribution in [0, 0.1) is 5.92 Å². The highest BCUT2D eigenvalue weighted by molar-refractivity contribution is 5.92. The molecule has 4 heterocycles. The first-order valence-corrected chi connectivity index (χ1v) is 10.9. The number of hydrogen-bond acceptors (Lipinski definition) is 5. The predicted octanol–water partition coefficient (Wildman–Crippen LogP) is 4.78. The van der Waals surface area contributed by atoms with E-state index in [1.807, 2.05) is 29.2 Å². The monoisotopic (exact) mass is 423 g/mol. The van der Waals surface area contributed by atoms with Crippen LogP contribution in [-0.2, 0) is 0 Å². The average molecular weight is 423 g/mol. The molecule has 2 saturated carbocycles. The average Bonchev–Trinajstić information content (AvgIpc) is 3.38. The zero-order valence-corrected chi connectivity index (χ0v) is 17.0. The number of fused-ring (bicyclic) bond motifs is 2. The molecule has 0 atom stereocenters. The molecule has 0 aromatic carbocycles. The van der Waals surface area contributed by atoms with E-state index in [9.17, 15) is 8.78 Å². The van der Waals surface area contributed by atoms with Crippen LogP contribution in [0.5, 0.6) is 0 Å². The molecule has 9 heteroatoms. The maximum Gasteiger partial charge on any atom is 0.248 e. The quantitative estimate of drug-likeness (QED) is 0.483. The van der Waals surface area contributed by atoms with Crippen molar-refractivity contribution >= 4 is 22.6 Å². The van der Waals surface area contributed by atoms with Gasteiger partial charge in [0.25, 0.3) is 0 Å². The fourth-order valence-corrected chi connectivity index (χ4v) is 4.46. The Hall–Kier alpha value is -3.10. The van der Waals surface area contributed by atoms with Gasteiger partial charge in [0, 0.05) is 54.5 Å². The number of alkyl halides is 2. The molecule has 0 saturated heterocycles. The highest BCUT2D eigenvalue weighted by Gasteiger charge is 2.34. The highest BCUT2D eigenvalue weighted by atomic mass is 19.3. The van der Waals surface area contributed by atoms with Crippen LogP contribution in [0.25, 0.3) is 27.9 Å². The smallest absolute Gasteiger partial charge is 0.248 e. The standard InChI is InChI=1S/C22H23F2N7/c23-22(24)6-3-13(4-7-22)9-26-21-27-11-17-16(10-25-19(17)30-21)18-5-8-31-20(29-18)15(12-28-31)14-1-2-14/h5,8,10-14H,1-4,6-7,9H2,(H2,25,26,27,30). The Morgan fingerprint density at radius 3 is 2.77 bits per heavy atom. The van der Waals surface area contributed by atoms with Crippen molar-refractivity contribution < 1.29 is 8.78 Å². The molecule has 2 aliphatic rings. The second kappa shape index (κ2) is 6.96. The molecule has 31 heavy (non-hydrogen) atoms. The fourth-order valence-electron chi connectivity index (χ4n) is 4.46. The maximum absolute atomic E-state index is 13.3. The summed E-state index contributed by atoms with van der Waals surface area (Å²) in [5.41, 5.74) is 4.65. The van der Waals surface area contributed by atoms with Crippen LogP contribution in [0.1, 0.15) is 50.0 Å². The van der Waals surface area contributed by atoms with Gasteiger partial charge in [-0.1, -0.05) is 0 Å². The molecule has 0 bridgehead atoms. The second-order valence-corrected chi connectivity index (χ2v) is 8.79. The van der Waals surface area contributed by atoms with Crippen LogP contribution in [0.15, 0.2) is 30.9 Å². The molecule has 0 amide bonds. The third-order valence-electron chi connectivity index (χ3n) is 6.51. The van der Waals surface area contributed by atoms with E-state index in [4.69, 9.17) is 4.98 Å². The topological polar surface area (TPSA) is 83.8 Å². The van der Waals surface area contributed by atoms with Crippen molar-refractivity contribution in [1.82, 2.24) is 29.5 Å². The molecule has 2 N–H and O–H groups in total. The lowest BCUT2D eigenvalue weighted by atomic mass is 9.87. The van der Waals surface area contributed by atoms with Crippen LogP contribution >= 0.6 is 0 Å². The summed E-state index contributed by atoms with van der Waals surface area (Å²) < 4.78 is 28.5. The Morgan fingerprint density at radius 1 is 1.13 bits per heavy atom. The Labute approximate surface area is 177 Å². The number of halogens is 2. The van der Waals surface area contributed by atoms with Crippen LogP contribution < -0.4 is 5.32 Å². The van der Waals surface area contributed by atoms with Gasteiger partial charge in [0.05, 0.1) is 11.9 Å². The van der Waals surface area contributed by atoms with E-state index in [-0.39, 0.29) is 18.8 Å². The molecule has 160 valence electrons. The van der Waals surface area contributed by atoms with E-state index in [1.54, 1.807) is 6.20 Å². The number of rotatable bonds is 5. The molecule has 0 unspecified atom stereocenters. The molecule has 2 fully saturated rings. The lowest BCUT2D eigenvalue weighted by Crippen LogP contribution is -2.28. The number of H-pyrrole nitrogens is 1. The summed E-state index contributed by atoms with van der Waals surface area (Å²) in [5.74, 6) is -1.19. The molecule has 0 aliphatic heterocycles. The normalized spacial score (nSPS) is 19.3. The molecule has 2 aliphatic carbocycles. The van der Waals surface area contributed by atoms with Gasteiger partial charge in [0.1, 0.15) is 5.65 Å². The van der Waals surface area contributed by atoms with Gasteiger partial charge in [-0.25, -0.2) is 23.3 Å².